The fourth-order valence-electron chi connectivity index (χ4n) is 8.61. The first kappa shape index (κ1) is 40.5. The van der Waals surface area contributed by atoms with E-state index in [9.17, 15) is 13.2 Å². The maximum atomic E-state index is 14.9. The summed E-state index contributed by atoms with van der Waals surface area (Å²) < 4.78 is 54.9. The van der Waals surface area contributed by atoms with E-state index in [1.165, 1.54) is 20.3 Å². The molecule has 1 spiro atoms. The molecular formula is C45H52ClN3O7S. The predicted octanol–water partition coefficient (Wildman–Crippen LogP) is 8.50. The molecule has 1 aliphatic heterocycles. The summed E-state index contributed by atoms with van der Waals surface area (Å²) in [5.74, 6) is 2.22. The fraction of sp³-hybridized carbons (Fsp3) is 0.400. The number of benzene rings is 4. The smallest absolute Gasteiger partial charge is 0.409 e. The lowest BCUT2D eigenvalue weighted by atomic mass is 9.68. The quantitative estimate of drug-likeness (QED) is 0.124. The van der Waals surface area contributed by atoms with E-state index in [1.54, 1.807) is 52.6 Å². The Hall–Kier alpha value is -4.71. The van der Waals surface area contributed by atoms with Crippen LogP contribution < -0.4 is 19.1 Å². The van der Waals surface area contributed by atoms with Gasteiger partial charge in [-0.15, -0.1) is 0 Å². The van der Waals surface area contributed by atoms with Gasteiger partial charge in [-0.2, -0.15) is 4.31 Å². The van der Waals surface area contributed by atoms with Crippen molar-refractivity contribution in [3.8, 4) is 17.2 Å². The summed E-state index contributed by atoms with van der Waals surface area (Å²) >= 11 is 6.50. The van der Waals surface area contributed by atoms with Gasteiger partial charge in [0.1, 0.15) is 23.4 Å². The molecular weight excluding hydrogens is 762 g/mol. The van der Waals surface area contributed by atoms with Crippen LogP contribution in [0, 0.1) is 11.8 Å². The van der Waals surface area contributed by atoms with Crippen LogP contribution in [0.2, 0.25) is 5.02 Å². The Balaban J connectivity index is 1.27. The number of anilines is 1. The minimum atomic E-state index is -4.07. The Morgan fingerprint density at radius 1 is 0.982 bits per heavy atom. The Morgan fingerprint density at radius 2 is 1.75 bits per heavy atom. The van der Waals surface area contributed by atoms with Gasteiger partial charge in [0, 0.05) is 56.6 Å². The minimum Gasteiger partial charge on any atom is -0.497 e. The molecule has 1 amide bonds. The van der Waals surface area contributed by atoms with E-state index >= 15 is 0 Å². The van der Waals surface area contributed by atoms with Crippen molar-refractivity contribution >= 4 is 33.4 Å². The number of rotatable bonds is 13. The van der Waals surface area contributed by atoms with Crippen LogP contribution in [0.1, 0.15) is 47.9 Å². The molecule has 0 aromatic heterocycles. The van der Waals surface area contributed by atoms with Crippen LogP contribution in [0.5, 0.6) is 17.2 Å². The fourth-order valence-corrected chi connectivity index (χ4v) is 10.2. The number of methoxy groups -OCH3 is 2. The van der Waals surface area contributed by atoms with Crippen molar-refractivity contribution < 1.29 is 32.2 Å². The number of aryl methyl sites for hydroxylation is 1. The lowest BCUT2D eigenvalue weighted by Crippen LogP contribution is -2.50. The molecule has 1 saturated carbocycles. The molecule has 1 heterocycles. The molecule has 2 aliphatic carbocycles. The molecule has 0 saturated heterocycles. The average molecular weight is 814 g/mol. The van der Waals surface area contributed by atoms with Crippen LogP contribution in [-0.2, 0) is 39.7 Å². The zero-order valence-electron chi connectivity index (χ0n) is 33.2. The first-order chi connectivity index (χ1) is 27.4. The summed E-state index contributed by atoms with van der Waals surface area (Å²) in [5, 5.41) is 0.712. The summed E-state index contributed by atoms with van der Waals surface area (Å²) in [6, 6.07) is 26.3. The highest BCUT2D eigenvalue weighted by Gasteiger charge is 2.45. The molecule has 0 bridgehead atoms. The molecule has 12 heteroatoms. The number of sulfonamides is 1. The largest absolute Gasteiger partial charge is 0.497 e. The van der Waals surface area contributed by atoms with Gasteiger partial charge in [0.25, 0.3) is 0 Å². The molecule has 57 heavy (non-hydrogen) atoms. The van der Waals surface area contributed by atoms with Crippen LogP contribution in [0.25, 0.3) is 0 Å². The number of carbonyl (C=O) groups excluding carboxylic acids is 1. The van der Waals surface area contributed by atoms with Crippen molar-refractivity contribution in [2.75, 3.05) is 52.9 Å². The number of fused-ring (bicyclic) bond motifs is 3. The lowest BCUT2D eigenvalue weighted by Gasteiger charge is -2.46. The van der Waals surface area contributed by atoms with E-state index in [4.69, 9.17) is 30.5 Å². The highest BCUT2D eigenvalue weighted by molar-refractivity contribution is 7.89. The first-order valence-electron chi connectivity index (χ1n) is 19.5. The molecule has 0 radical (unpaired) electrons. The molecule has 4 atom stereocenters. The third-order valence-electron chi connectivity index (χ3n) is 11.8. The third kappa shape index (κ3) is 8.61. The molecule has 1 fully saturated rings. The van der Waals surface area contributed by atoms with Crippen LogP contribution >= 0.6 is 11.6 Å². The van der Waals surface area contributed by atoms with E-state index in [0.717, 1.165) is 48.9 Å². The number of halogens is 1. The number of hydrogen-bond acceptors (Lipinski definition) is 8. The number of hydrogen-bond donors (Lipinski definition) is 0. The van der Waals surface area contributed by atoms with Crippen molar-refractivity contribution in [1.29, 1.82) is 0 Å². The zero-order chi connectivity index (χ0) is 40.3. The number of carbonyl (C=O) groups is 1. The van der Waals surface area contributed by atoms with Gasteiger partial charge in [0.15, 0.2) is 0 Å². The summed E-state index contributed by atoms with van der Waals surface area (Å²) in [7, 11) is 2.47. The zero-order valence-corrected chi connectivity index (χ0v) is 34.7. The van der Waals surface area contributed by atoms with E-state index in [2.05, 4.69) is 23.6 Å². The van der Waals surface area contributed by atoms with Gasteiger partial charge in [-0.05, 0) is 115 Å². The highest BCUT2D eigenvalue weighted by Crippen LogP contribution is 2.47. The third-order valence-corrected chi connectivity index (χ3v) is 13.9. The van der Waals surface area contributed by atoms with Crippen LogP contribution in [0.4, 0.5) is 10.5 Å². The van der Waals surface area contributed by atoms with Gasteiger partial charge in [-0.25, -0.2) is 13.2 Å². The second-order valence-corrected chi connectivity index (χ2v) is 18.1. The Kier molecular flexibility index (Phi) is 12.1. The first-order valence-corrected chi connectivity index (χ1v) is 21.3. The van der Waals surface area contributed by atoms with Crippen molar-refractivity contribution in [1.82, 2.24) is 9.21 Å². The van der Waals surface area contributed by atoms with Crippen molar-refractivity contribution in [3.05, 3.63) is 125 Å². The van der Waals surface area contributed by atoms with Gasteiger partial charge < -0.3 is 28.7 Å². The van der Waals surface area contributed by atoms with Crippen molar-refractivity contribution in [2.45, 2.75) is 61.6 Å². The summed E-state index contributed by atoms with van der Waals surface area (Å²) in [5.41, 5.74) is 4.45. The van der Waals surface area contributed by atoms with Gasteiger partial charge in [-0.1, -0.05) is 54.6 Å². The normalized spacial score (nSPS) is 20.6. The summed E-state index contributed by atoms with van der Waals surface area (Å²) in [6.45, 7) is 5.98. The second kappa shape index (κ2) is 17.0. The predicted molar refractivity (Wildman–Crippen MR) is 223 cm³/mol. The summed E-state index contributed by atoms with van der Waals surface area (Å²) in [6.07, 6.45) is 5.55. The molecule has 10 nitrogen and oxygen atoms in total. The van der Waals surface area contributed by atoms with Gasteiger partial charge >= 0.3 is 6.09 Å². The van der Waals surface area contributed by atoms with E-state index in [0.29, 0.717) is 42.0 Å². The second-order valence-electron chi connectivity index (χ2n) is 15.7. The number of ether oxygens (including phenoxy) is 4. The van der Waals surface area contributed by atoms with Crippen molar-refractivity contribution in [2.24, 2.45) is 11.8 Å². The molecule has 0 N–H and O–H groups in total. The summed E-state index contributed by atoms with van der Waals surface area (Å²) in [4.78, 5) is 16.6. The van der Waals surface area contributed by atoms with Crippen molar-refractivity contribution in [3.63, 3.8) is 0 Å². The van der Waals surface area contributed by atoms with Crippen LogP contribution in [0.3, 0.4) is 0 Å². The molecule has 302 valence electrons. The number of nitrogens with zero attached hydrogens (tertiary/aromatic N) is 3. The highest BCUT2D eigenvalue weighted by atomic mass is 35.5. The molecule has 4 aromatic rings. The van der Waals surface area contributed by atoms with Gasteiger partial charge in [-0.3, -0.25) is 0 Å². The standard InChI is InChI=1S/C45H52ClN3O7S/c1-6-42(56-44(50)47(2)3)39-19-14-34(39)28-48-29-45(22-8-10-33-24-35(46)15-20-40(33)45)30-55-43-21-18-38(25-41(43)48)57(51,52)49(26-31-12-16-36(53-4)17-13-31)27-32-9-7-11-37(23-32)54-5/h6-7,9,11-13,15-18,20-21,23-25,34,39,42H,1,8,10,14,19,22,26-30H2,2-5H3/t34-,39+,42-,45-/m0/s1. The maximum absolute atomic E-state index is 14.9. The molecule has 4 aromatic carbocycles. The molecule has 0 unspecified atom stereocenters. The monoisotopic (exact) mass is 813 g/mol. The van der Waals surface area contributed by atoms with Crippen LogP contribution in [0.15, 0.2) is 102 Å². The van der Waals surface area contributed by atoms with Crippen LogP contribution in [-0.4, -0.2) is 77.8 Å². The Bertz CT molecular complexity index is 2200. The van der Waals surface area contributed by atoms with E-state index in [-0.39, 0.29) is 35.2 Å². The molecule has 7 rings (SSSR count). The van der Waals surface area contributed by atoms with Gasteiger partial charge in [0.05, 0.1) is 31.4 Å². The average Bonchev–Trinajstić information content (AvgIpc) is 3.35. The van der Waals surface area contributed by atoms with E-state index < -0.39 is 22.2 Å². The van der Waals surface area contributed by atoms with E-state index in [1.807, 2.05) is 54.6 Å². The Labute approximate surface area is 342 Å². The maximum Gasteiger partial charge on any atom is 0.409 e. The van der Waals surface area contributed by atoms with Gasteiger partial charge in [0.2, 0.25) is 10.0 Å². The lowest BCUT2D eigenvalue weighted by molar-refractivity contribution is 0.0143. The topological polar surface area (TPSA) is 97.9 Å². The number of amides is 1. The minimum absolute atomic E-state index is 0.0715. The SMILES string of the molecule is C=C[C@H](OC(=O)N(C)C)[C@@H]1CC[C@H]1CN1C[C@@]2(CCCc3cc(Cl)ccc32)COc2ccc(S(=O)(=O)N(Cc3ccc(OC)cc3)Cc3cccc(OC)c3)cc21. The Morgan fingerprint density at radius 3 is 2.46 bits per heavy atom. The molecule has 3 aliphatic rings.